The van der Waals surface area contributed by atoms with E-state index < -0.39 is 0 Å². The highest BCUT2D eigenvalue weighted by molar-refractivity contribution is 7.14. The zero-order valence-corrected chi connectivity index (χ0v) is 14.3. The van der Waals surface area contributed by atoms with Gasteiger partial charge in [0.15, 0.2) is 5.13 Å². The summed E-state index contributed by atoms with van der Waals surface area (Å²) in [5, 5.41) is 9.34. The number of aryl methyl sites for hydroxylation is 1. The maximum absolute atomic E-state index is 12.1. The van der Waals surface area contributed by atoms with Crippen molar-refractivity contribution in [2.45, 2.75) is 33.2 Å². The van der Waals surface area contributed by atoms with E-state index in [0.717, 1.165) is 42.8 Å². The summed E-state index contributed by atoms with van der Waals surface area (Å²) < 4.78 is 3.78. The van der Waals surface area contributed by atoms with Crippen molar-refractivity contribution in [2.75, 3.05) is 18.4 Å². The minimum absolute atomic E-state index is 0.181. The van der Waals surface area contributed by atoms with Crippen LogP contribution >= 0.6 is 22.9 Å². The first kappa shape index (κ1) is 15.5. The van der Waals surface area contributed by atoms with Crippen molar-refractivity contribution in [1.29, 1.82) is 0 Å². The molecule has 1 N–H and O–H groups in total. The average molecular weight is 337 g/mol. The fourth-order valence-corrected chi connectivity index (χ4v) is 3.94. The van der Waals surface area contributed by atoms with Crippen molar-refractivity contribution in [3.05, 3.63) is 21.6 Å². The minimum atomic E-state index is -0.181. The van der Waals surface area contributed by atoms with Gasteiger partial charge in [0.2, 0.25) is 0 Å². The van der Waals surface area contributed by atoms with Gasteiger partial charge in [-0.2, -0.15) is 0 Å². The molecule has 1 amide bonds. The van der Waals surface area contributed by atoms with Crippen LogP contribution in [0.1, 0.15) is 40.8 Å². The number of aromatic nitrogens is 3. The predicted molar refractivity (Wildman–Crippen MR) is 88.4 cm³/mol. The molecule has 22 heavy (non-hydrogen) atoms. The van der Waals surface area contributed by atoms with Gasteiger partial charge in [-0.3, -0.25) is 15.0 Å². The third-order valence-corrected chi connectivity index (χ3v) is 5.39. The van der Waals surface area contributed by atoms with E-state index in [1.54, 1.807) is 6.92 Å². The number of hydrogen-bond donors (Lipinski definition) is 1. The number of nitrogens with one attached hydrogen (secondary N) is 1. The van der Waals surface area contributed by atoms with E-state index in [1.165, 1.54) is 24.2 Å². The van der Waals surface area contributed by atoms with Gasteiger partial charge in [-0.1, -0.05) is 11.4 Å². The van der Waals surface area contributed by atoms with Crippen molar-refractivity contribution in [2.24, 2.45) is 5.92 Å². The lowest BCUT2D eigenvalue weighted by Crippen LogP contribution is -2.33. The Morgan fingerprint density at radius 1 is 1.55 bits per heavy atom. The van der Waals surface area contributed by atoms with Crippen LogP contribution in [-0.4, -0.2) is 38.5 Å². The van der Waals surface area contributed by atoms with Gasteiger partial charge < -0.3 is 0 Å². The standard InChI is InChI=1S/C14H19N5OS2/c1-9-4-3-5-19(6-9)7-11-8-21-14(15-11)16-13(20)12-10(2)17-18-22-12/h8-9H,3-7H2,1-2H3,(H,15,16,20)/t9-/m1/s1. The molecule has 118 valence electrons. The van der Waals surface area contributed by atoms with E-state index in [0.29, 0.717) is 15.7 Å². The Balaban J connectivity index is 1.59. The highest BCUT2D eigenvalue weighted by atomic mass is 32.1. The largest absolute Gasteiger partial charge is 0.297 e. The van der Waals surface area contributed by atoms with Crippen LogP contribution in [0.4, 0.5) is 5.13 Å². The number of carbonyl (C=O) groups is 1. The topological polar surface area (TPSA) is 71.0 Å². The van der Waals surface area contributed by atoms with Crippen molar-refractivity contribution in [1.82, 2.24) is 19.5 Å². The van der Waals surface area contributed by atoms with Gasteiger partial charge in [0.05, 0.1) is 11.4 Å². The number of carbonyl (C=O) groups excluding carboxylic acids is 1. The highest BCUT2D eigenvalue weighted by Gasteiger charge is 2.18. The molecule has 0 radical (unpaired) electrons. The summed E-state index contributed by atoms with van der Waals surface area (Å²) in [4.78, 5) is 19.6. The lowest BCUT2D eigenvalue weighted by molar-refractivity contribution is 0.103. The number of likely N-dealkylation sites (tertiary alicyclic amines) is 1. The van der Waals surface area contributed by atoms with Crippen molar-refractivity contribution >= 4 is 33.9 Å². The molecule has 8 heteroatoms. The molecule has 0 spiro atoms. The highest BCUT2D eigenvalue weighted by Crippen LogP contribution is 2.22. The van der Waals surface area contributed by atoms with Crippen molar-refractivity contribution in [3.8, 4) is 0 Å². The van der Waals surface area contributed by atoms with Gasteiger partial charge in [-0.25, -0.2) is 4.98 Å². The molecule has 1 aliphatic rings. The quantitative estimate of drug-likeness (QED) is 0.929. The van der Waals surface area contributed by atoms with Crippen LogP contribution in [0, 0.1) is 12.8 Å². The molecule has 2 aromatic rings. The molecular formula is C14H19N5OS2. The number of rotatable bonds is 4. The Morgan fingerprint density at radius 3 is 3.14 bits per heavy atom. The minimum Gasteiger partial charge on any atom is -0.297 e. The normalized spacial score (nSPS) is 19.3. The lowest BCUT2D eigenvalue weighted by Gasteiger charge is -2.30. The van der Waals surface area contributed by atoms with E-state index >= 15 is 0 Å². The molecule has 6 nitrogen and oxygen atoms in total. The second-order valence-electron chi connectivity index (χ2n) is 5.77. The van der Waals surface area contributed by atoms with Crippen LogP contribution < -0.4 is 5.32 Å². The van der Waals surface area contributed by atoms with Crippen molar-refractivity contribution < 1.29 is 4.79 Å². The summed E-state index contributed by atoms with van der Waals surface area (Å²) in [6.07, 6.45) is 2.57. The van der Waals surface area contributed by atoms with Gasteiger partial charge in [0, 0.05) is 18.5 Å². The van der Waals surface area contributed by atoms with Crippen LogP contribution in [0.25, 0.3) is 0 Å². The summed E-state index contributed by atoms with van der Waals surface area (Å²) in [6, 6.07) is 0. The summed E-state index contributed by atoms with van der Waals surface area (Å²) >= 11 is 2.57. The molecule has 1 saturated heterocycles. The monoisotopic (exact) mass is 337 g/mol. The van der Waals surface area contributed by atoms with Gasteiger partial charge >= 0.3 is 0 Å². The Kier molecular flexibility index (Phi) is 4.80. The number of thiazole rings is 1. The summed E-state index contributed by atoms with van der Waals surface area (Å²) in [5.41, 5.74) is 1.68. The Bertz CT molecular complexity index is 653. The van der Waals surface area contributed by atoms with Crippen LogP contribution in [0.15, 0.2) is 5.38 Å². The second-order valence-corrected chi connectivity index (χ2v) is 7.38. The van der Waals surface area contributed by atoms with Gasteiger partial charge in [-0.05, 0) is 43.8 Å². The van der Waals surface area contributed by atoms with Crippen LogP contribution in [0.5, 0.6) is 0 Å². The second kappa shape index (κ2) is 6.80. The lowest BCUT2D eigenvalue weighted by atomic mass is 10.0. The van der Waals surface area contributed by atoms with Gasteiger partial charge in [-0.15, -0.1) is 16.4 Å². The van der Waals surface area contributed by atoms with Crippen LogP contribution in [-0.2, 0) is 6.54 Å². The Labute approximate surface area is 137 Å². The van der Waals surface area contributed by atoms with E-state index in [-0.39, 0.29) is 5.91 Å². The maximum Gasteiger partial charge on any atom is 0.271 e. The molecule has 3 rings (SSSR count). The number of piperidine rings is 1. The number of nitrogens with zero attached hydrogens (tertiary/aromatic N) is 4. The number of anilines is 1. The SMILES string of the molecule is Cc1nnsc1C(=O)Nc1nc(CN2CCC[C@@H](C)C2)cs1. The third-order valence-electron chi connectivity index (χ3n) is 3.76. The smallest absolute Gasteiger partial charge is 0.271 e. The van der Waals surface area contributed by atoms with E-state index in [4.69, 9.17) is 0 Å². The number of amides is 1. The first-order valence-corrected chi connectivity index (χ1v) is 9.04. The Morgan fingerprint density at radius 2 is 2.41 bits per heavy atom. The fourth-order valence-electron chi connectivity index (χ4n) is 2.69. The molecule has 1 fully saturated rings. The van der Waals surface area contributed by atoms with Crippen LogP contribution in [0.3, 0.4) is 0 Å². The van der Waals surface area contributed by atoms with Crippen molar-refractivity contribution in [3.63, 3.8) is 0 Å². The molecule has 0 unspecified atom stereocenters. The molecule has 1 aliphatic heterocycles. The van der Waals surface area contributed by atoms with Gasteiger partial charge in [0.1, 0.15) is 4.88 Å². The molecule has 0 aliphatic carbocycles. The summed E-state index contributed by atoms with van der Waals surface area (Å²) in [7, 11) is 0. The summed E-state index contributed by atoms with van der Waals surface area (Å²) in [5.74, 6) is 0.577. The average Bonchev–Trinajstić information content (AvgIpc) is 3.08. The number of hydrogen-bond acceptors (Lipinski definition) is 7. The first-order chi connectivity index (χ1) is 10.6. The molecule has 1 atom stereocenters. The third kappa shape index (κ3) is 3.68. The summed E-state index contributed by atoms with van der Waals surface area (Å²) in [6.45, 7) is 7.20. The predicted octanol–water partition coefficient (Wildman–Crippen LogP) is 2.79. The first-order valence-electron chi connectivity index (χ1n) is 7.39. The molecule has 0 saturated carbocycles. The zero-order chi connectivity index (χ0) is 15.5. The molecule has 0 aromatic carbocycles. The molecule has 3 heterocycles. The zero-order valence-electron chi connectivity index (χ0n) is 12.7. The van der Waals surface area contributed by atoms with E-state index in [9.17, 15) is 4.79 Å². The van der Waals surface area contributed by atoms with Crippen LogP contribution in [0.2, 0.25) is 0 Å². The van der Waals surface area contributed by atoms with Gasteiger partial charge in [0.25, 0.3) is 5.91 Å². The molecule has 2 aromatic heterocycles. The fraction of sp³-hybridized carbons (Fsp3) is 0.571. The molecule has 0 bridgehead atoms. The molecular weight excluding hydrogens is 318 g/mol. The maximum atomic E-state index is 12.1. The Hall–Kier alpha value is -1.38. The van der Waals surface area contributed by atoms with E-state index in [1.807, 2.05) is 5.38 Å². The van der Waals surface area contributed by atoms with E-state index in [2.05, 4.69) is 31.7 Å².